The summed E-state index contributed by atoms with van der Waals surface area (Å²) in [6, 6.07) is 0. The van der Waals surface area contributed by atoms with E-state index >= 15 is 0 Å². The molecule has 1 rings (SSSR count). The molecule has 0 saturated carbocycles. The number of rotatable bonds is 9. The number of nitrogen functional groups attached to an aromatic ring is 1. The molecule has 1 aromatic rings. The first-order valence-electron chi connectivity index (χ1n) is 7.11. The van der Waals surface area contributed by atoms with Gasteiger partial charge in [0.2, 0.25) is 0 Å². The van der Waals surface area contributed by atoms with Crippen LogP contribution in [0.15, 0.2) is 0 Å². The van der Waals surface area contributed by atoms with E-state index in [9.17, 15) is 0 Å². The molecule has 0 aliphatic heterocycles. The lowest BCUT2D eigenvalue weighted by Crippen LogP contribution is -1.94. The Bertz CT molecular complexity index is 304. The minimum absolute atomic E-state index is 0.686. The predicted molar refractivity (Wildman–Crippen MR) is 74.1 cm³/mol. The van der Waals surface area contributed by atoms with E-state index in [1.54, 1.807) is 0 Å². The fraction of sp³-hybridized carbons (Fsp3) is 0.786. The summed E-state index contributed by atoms with van der Waals surface area (Å²) in [5.74, 6) is 0.686. The van der Waals surface area contributed by atoms with E-state index in [2.05, 4.69) is 24.0 Å². The quantitative estimate of drug-likeness (QED) is 0.641. The number of H-pyrrole nitrogens is 1. The van der Waals surface area contributed by atoms with Crippen molar-refractivity contribution in [2.24, 2.45) is 0 Å². The van der Waals surface area contributed by atoms with E-state index in [1.807, 2.05) is 0 Å². The zero-order valence-electron chi connectivity index (χ0n) is 11.4. The molecule has 17 heavy (non-hydrogen) atoms. The molecule has 1 heterocycles. The summed E-state index contributed by atoms with van der Waals surface area (Å²) in [6.07, 6.45) is 11.5. The van der Waals surface area contributed by atoms with Crippen LogP contribution in [0.25, 0.3) is 0 Å². The van der Waals surface area contributed by atoms with Crippen molar-refractivity contribution in [1.29, 1.82) is 0 Å². The van der Waals surface area contributed by atoms with Crippen LogP contribution in [0.5, 0.6) is 0 Å². The van der Waals surface area contributed by atoms with Crippen LogP contribution in [0.2, 0.25) is 0 Å². The van der Waals surface area contributed by atoms with E-state index in [4.69, 9.17) is 5.73 Å². The lowest BCUT2D eigenvalue weighted by Gasteiger charge is -2.02. The molecule has 0 amide bonds. The van der Waals surface area contributed by atoms with E-state index in [0.29, 0.717) is 5.82 Å². The van der Waals surface area contributed by atoms with Crippen molar-refractivity contribution in [3.63, 3.8) is 0 Å². The second-order valence-electron chi connectivity index (χ2n) is 4.79. The molecule has 0 fully saturated rings. The maximum absolute atomic E-state index is 5.79. The van der Waals surface area contributed by atoms with Crippen molar-refractivity contribution in [3.05, 3.63) is 11.3 Å². The molecule has 0 atom stereocenters. The number of hydrogen-bond donors (Lipinski definition) is 2. The van der Waals surface area contributed by atoms with Crippen LogP contribution >= 0.6 is 0 Å². The number of nitrogens with zero attached hydrogens (tertiary/aromatic N) is 1. The Morgan fingerprint density at radius 1 is 1.00 bits per heavy atom. The highest BCUT2D eigenvalue weighted by molar-refractivity contribution is 5.41. The third-order valence-corrected chi connectivity index (χ3v) is 3.37. The molecule has 0 unspecified atom stereocenters. The Labute approximate surface area is 105 Å². The molecule has 0 aliphatic carbocycles. The van der Waals surface area contributed by atoms with Crippen LogP contribution in [-0.4, -0.2) is 10.2 Å². The molecule has 98 valence electrons. The molecular formula is C14H27N3. The van der Waals surface area contributed by atoms with Crippen LogP contribution < -0.4 is 5.73 Å². The van der Waals surface area contributed by atoms with Crippen LogP contribution in [0.1, 0.15) is 70.1 Å². The minimum atomic E-state index is 0.686. The maximum Gasteiger partial charge on any atom is 0.148 e. The second kappa shape index (κ2) is 8.15. The van der Waals surface area contributed by atoms with E-state index in [1.165, 1.54) is 56.2 Å². The van der Waals surface area contributed by atoms with Gasteiger partial charge in [-0.3, -0.25) is 5.10 Å². The molecule has 0 saturated heterocycles. The Morgan fingerprint density at radius 3 is 2.29 bits per heavy atom. The molecule has 0 spiro atoms. The van der Waals surface area contributed by atoms with Gasteiger partial charge >= 0.3 is 0 Å². The summed E-state index contributed by atoms with van der Waals surface area (Å²) >= 11 is 0. The largest absolute Gasteiger partial charge is 0.382 e. The monoisotopic (exact) mass is 237 g/mol. The first kappa shape index (κ1) is 14.1. The summed E-state index contributed by atoms with van der Waals surface area (Å²) in [6.45, 7) is 4.39. The van der Waals surface area contributed by atoms with E-state index in [0.717, 1.165) is 12.8 Å². The van der Waals surface area contributed by atoms with Crippen LogP contribution in [-0.2, 0) is 12.8 Å². The van der Waals surface area contributed by atoms with Crippen molar-refractivity contribution >= 4 is 5.82 Å². The fourth-order valence-electron chi connectivity index (χ4n) is 2.28. The average Bonchev–Trinajstić information content (AvgIpc) is 2.69. The fourth-order valence-corrected chi connectivity index (χ4v) is 2.28. The third-order valence-electron chi connectivity index (χ3n) is 3.37. The van der Waals surface area contributed by atoms with Crippen molar-refractivity contribution in [3.8, 4) is 0 Å². The highest BCUT2D eigenvalue weighted by atomic mass is 15.2. The van der Waals surface area contributed by atoms with Gasteiger partial charge in [-0.05, 0) is 19.3 Å². The first-order valence-corrected chi connectivity index (χ1v) is 7.11. The van der Waals surface area contributed by atoms with Gasteiger partial charge < -0.3 is 5.73 Å². The first-order chi connectivity index (χ1) is 8.29. The van der Waals surface area contributed by atoms with Crippen LogP contribution in [0.4, 0.5) is 5.82 Å². The van der Waals surface area contributed by atoms with Gasteiger partial charge in [0.1, 0.15) is 5.82 Å². The predicted octanol–water partition coefficient (Wildman–Crippen LogP) is 3.85. The lowest BCUT2D eigenvalue weighted by atomic mass is 10.0. The summed E-state index contributed by atoms with van der Waals surface area (Å²) in [4.78, 5) is 0. The molecule has 0 bridgehead atoms. The molecule has 1 aromatic heterocycles. The zero-order chi connectivity index (χ0) is 12.5. The number of anilines is 1. The molecule has 3 N–H and O–H groups in total. The Balaban J connectivity index is 2.13. The Morgan fingerprint density at radius 2 is 1.65 bits per heavy atom. The average molecular weight is 237 g/mol. The van der Waals surface area contributed by atoms with Gasteiger partial charge in [0, 0.05) is 11.3 Å². The molecular weight excluding hydrogens is 210 g/mol. The maximum atomic E-state index is 5.79. The van der Waals surface area contributed by atoms with Crippen molar-refractivity contribution in [2.75, 3.05) is 5.73 Å². The highest BCUT2D eigenvalue weighted by Gasteiger charge is 2.07. The van der Waals surface area contributed by atoms with Gasteiger partial charge in [-0.2, -0.15) is 5.10 Å². The van der Waals surface area contributed by atoms with E-state index < -0.39 is 0 Å². The summed E-state index contributed by atoms with van der Waals surface area (Å²) < 4.78 is 0. The molecule has 0 aliphatic rings. The molecule has 3 nitrogen and oxygen atoms in total. The molecule has 3 heteroatoms. The zero-order valence-corrected chi connectivity index (χ0v) is 11.4. The van der Waals surface area contributed by atoms with Gasteiger partial charge in [-0.25, -0.2) is 0 Å². The number of nitrogens with two attached hydrogens (primary N) is 1. The topological polar surface area (TPSA) is 54.7 Å². The SMILES string of the molecule is CCCCCCCCCc1[nH]nc(N)c1CC. The van der Waals surface area contributed by atoms with Gasteiger partial charge in [-0.1, -0.05) is 52.4 Å². The Hall–Kier alpha value is -0.990. The van der Waals surface area contributed by atoms with Gasteiger partial charge in [0.05, 0.1) is 0 Å². The van der Waals surface area contributed by atoms with Gasteiger partial charge in [0.15, 0.2) is 0 Å². The molecule has 0 radical (unpaired) electrons. The van der Waals surface area contributed by atoms with Crippen LogP contribution in [0.3, 0.4) is 0 Å². The minimum Gasteiger partial charge on any atom is -0.382 e. The lowest BCUT2D eigenvalue weighted by molar-refractivity contribution is 0.586. The number of aromatic nitrogens is 2. The van der Waals surface area contributed by atoms with Crippen molar-refractivity contribution in [1.82, 2.24) is 10.2 Å². The number of unbranched alkanes of at least 4 members (excludes halogenated alkanes) is 6. The van der Waals surface area contributed by atoms with Crippen molar-refractivity contribution in [2.45, 2.75) is 71.6 Å². The van der Waals surface area contributed by atoms with E-state index in [-0.39, 0.29) is 0 Å². The molecule has 0 aromatic carbocycles. The highest BCUT2D eigenvalue weighted by Crippen LogP contribution is 2.17. The number of aromatic amines is 1. The van der Waals surface area contributed by atoms with Crippen LogP contribution in [0, 0.1) is 0 Å². The smallest absolute Gasteiger partial charge is 0.148 e. The number of nitrogens with one attached hydrogen (secondary N) is 1. The third kappa shape index (κ3) is 4.80. The van der Waals surface area contributed by atoms with Gasteiger partial charge in [0.25, 0.3) is 0 Å². The van der Waals surface area contributed by atoms with Crippen molar-refractivity contribution < 1.29 is 0 Å². The Kier molecular flexibility index (Phi) is 6.75. The number of hydrogen-bond acceptors (Lipinski definition) is 2. The summed E-state index contributed by atoms with van der Waals surface area (Å²) in [7, 11) is 0. The second-order valence-corrected chi connectivity index (χ2v) is 4.79. The van der Waals surface area contributed by atoms with Gasteiger partial charge in [-0.15, -0.1) is 0 Å². The summed E-state index contributed by atoms with van der Waals surface area (Å²) in [5.41, 5.74) is 8.26. The summed E-state index contributed by atoms with van der Waals surface area (Å²) in [5, 5.41) is 7.14. The number of aryl methyl sites for hydroxylation is 1. The normalized spacial score (nSPS) is 10.9. The standard InChI is InChI=1S/C14H27N3/c1-3-5-6-7-8-9-10-11-13-12(4-2)14(15)17-16-13/h3-11H2,1-2H3,(H3,15,16,17).